The monoisotopic (exact) mass is 244 g/mol. The average molecular weight is 244 g/mol. The van der Waals surface area contributed by atoms with E-state index in [4.69, 9.17) is 5.73 Å². The summed E-state index contributed by atoms with van der Waals surface area (Å²) in [5.74, 6) is 0. The smallest absolute Gasteiger partial charge is 0.101 e. The minimum absolute atomic E-state index is 0.143. The van der Waals surface area contributed by atoms with Gasteiger partial charge < -0.3 is 5.73 Å². The molecule has 0 aliphatic carbocycles. The molecular formula is C14H16N2S. The second kappa shape index (κ2) is 5.84. The van der Waals surface area contributed by atoms with Gasteiger partial charge in [0.05, 0.1) is 0 Å². The molecule has 17 heavy (non-hydrogen) atoms. The number of nitrogens with zero attached hydrogens (tertiary/aromatic N) is 1. The van der Waals surface area contributed by atoms with E-state index in [0.717, 1.165) is 11.4 Å². The molecule has 2 aromatic rings. The lowest BCUT2D eigenvalue weighted by Gasteiger charge is -2.09. The maximum Gasteiger partial charge on any atom is 0.101 e. The molecule has 88 valence electrons. The lowest BCUT2D eigenvalue weighted by molar-refractivity contribution is 0.698. The number of rotatable bonds is 4. The van der Waals surface area contributed by atoms with Crippen LogP contribution in [0.3, 0.4) is 0 Å². The van der Waals surface area contributed by atoms with E-state index in [1.807, 2.05) is 24.4 Å². The van der Waals surface area contributed by atoms with Crippen LogP contribution in [0.15, 0.2) is 58.6 Å². The number of nitrogens with two attached hydrogens (primary N) is 1. The zero-order chi connectivity index (χ0) is 12.1. The standard InChI is InChI=1S/C14H16N2S/c1-2-13(15)11-6-8-12(9-7-11)17-14-5-3-4-10-16-14/h3-10,13H,2,15H2,1H3/t13-/m1/s1. The van der Waals surface area contributed by atoms with E-state index in [-0.39, 0.29) is 6.04 Å². The maximum absolute atomic E-state index is 5.98. The van der Waals surface area contributed by atoms with Crippen molar-refractivity contribution in [3.63, 3.8) is 0 Å². The molecule has 2 nitrogen and oxygen atoms in total. The Balaban J connectivity index is 2.08. The predicted molar refractivity (Wildman–Crippen MR) is 72.0 cm³/mol. The molecule has 0 fully saturated rings. The summed E-state index contributed by atoms with van der Waals surface area (Å²) in [7, 11) is 0. The first-order valence-corrected chi connectivity index (χ1v) is 6.55. The number of aromatic nitrogens is 1. The van der Waals surface area contributed by atoms with Gasteiger partial charge in [-0.25, -0.2) is 4.98 Å². The lowest BCUT2D eigenvalue weighted by atomic mass is 10.1. The van der Waals surface area contributed by atoms with Gasteiger partial charge in [-0.05, 0) is 36.2 Å². The first-order chi connectivity index (χ1) is 8.29. The van der Waals surface area contributed by atoms with Gasteiger partial charge in [-0.1, -0.05) is 36.9 Å². The number of hydrogen-bond acceptors (Lipinski definition) is 3. The molecule has 2 rings (SSSR count). The van der Waals surface area contributed by atoms with Gasteiger partial charge in [0.25, 0.3) is 0 Å². The Hall–Kier alpha value is -1.32. The van der Waals surface area contributed by atoms with Gasteiger partial charge in [-0.15, -0.1) is 0 Å². The number of hydrogen-bond donors (Lipinski definition) is 1. The lowest BCUT2D eigenvalue weighted by Crippen LogP contribution is -2.07. The van der Waals surface area contributed by atoms with E-state index in [1.165, 1.54) is 10.5 Å². The molecule has 2 N–H and O–H groups in total. The second-order valence-electron chi connectivity index (χ2n) is 3.85. The minimum atomic E-state index is 0.143. The fourth-order valence-corrected chi connectivity index (χ4v) is 2.32. The molecule has 0 aliphatic heterocycles. The van der Waals surface area contributed by atoms with Crippen LogP contribution in [-0.2, 0) is 0 Å². The maximum atomic E-state index is 5.98. The quantitative estimate of drug-likeness (QED) is 0.892. The summed E-state index contributed by atoms with van der Waals surface area (Å²) in [5.41, 5.74) is 7.17. The van der Waals surface area contributed by atoms with E-state index in [1.54, 1.807) is 11.8 Å². The first kappa shape index (κ1) is 12.1. The summed E-state index contributed by atoms with van der Waals surface area (Å²) >= 11 is 1.66. The number of benzene rings is 1. The van der Waals surface area contributed by atoms with Crippen LogP contribution >= 0.6 is 11.8 Å². The van der Waals surface area contributed by atoms with Gasteiger partial charge >= 0.3 is 0 Å². The van der Waals surface area contributed by atoms with E-state index >= 15 is 0 Å². The highest BCUT2D eigenvalue weighted by atomic mass is 32.2. The summed E-state index contributed by atoms with van der Waals surface area (Å²) < 4.78 is 0. The van der Waals surface area contributed by atoms with Crippen molar-refractivity contribution in [2.45, 2.75) is 29.3 Å². The van der Waals surface area contributed by atoms with Gasteiger partial charge in [-0.3, -0.25) is 0 Å². The molecule has 0 unspecified atom stereocenters. The van der Waals surface area contributed by atoms with E-state index in [9.17, 15) is 0 Å². The van der Waals surface area contributed by atoms with E-state index in [2.05, 4.69) is 36.2 Å². The zero-order valence-corrected chi connectivity index (χ0v) is 10.7. The van der Waals surface area contributed by atoms with Crippen molar-refractivity contribution in [2.24, 2.45) is 5.73 Å². The molecular weight excluding hydrogens is 228 g/mol. The zero-order valence-electron chi connectivity index (χ0n) is 9.84. The molecule has 0 saturated heterocycles. The number of pyridine rings is 1. The van der Waals surface area contributed by atoms with Gasteiger partial charge in [0.15, 0.2) is 0 Å². The Morgan fingerprint density at radius 2 is 1.94 bits per heavy atom. The summed E-state index contributed by atoms with van der Waals surface area (Å²) in [6.07, 6.45) is 2.77. The Morgan fingerprint density at radius 1 is 1.18 bits per heavy atom. The molecule has 1 heterocycles. The molecule has 1 aromatic carbocycles. The Kier molecular flexibility index (Phi) is 4.18. The van der Waals surface area contributed by atoms with Gasteiger partial charge in [0.2, 0.25) is 0 Å². The van der Waals surface area contributed by atoms with E-state index < -0.39 is 0 Å². The third-order valence-electron chi connectivity index (χ3n) is 2.61. The Labute approximate surface area is 106 Å². The fourth-order valence-electron chi connectivity index (χ4n) is 1.55. The molecule has 1 atom stereocenters. The van der Waals surface area contributed by atoms with E-state index in [0.29, 0.717) is 0 Å². The highest BCUT2D eigenvalue weighted by Crippen LogP contribution is 2.26. The third kappa shape index (κ3) is 3.32. The van der Waals surface area contributed by atoms with Crippen LogP contribution in [0, 0.1) is 0 Å². The second-order valence-corrected chi connectivity index (χ2v) is 4.95. The van der Waals surface area contributed by atoms with Crippen molar-refractivity contribution in [3.8, 4) is 0 Å². The summed E-state index contributed by atoms with van der Waals surface area (Å²) in [5, 5.41) is 1.01. The van der Waals surface area contributed by atoms with Crippen molar-refractivity contribution in [1.82, 2.24) is 4.98 Å². The van der Waals surface area contributed by atoms with Crippen LogP contribution < -0.4 is 5.73 Å². The summed E-state index contributed by atoms with van der Waals surface area (Å²) in [6.45, 7) is 2.10. The van der Waals surface area contributed by atoms with Crippen molar-refractivity contribution in [2.75, 3.05) is 0 Å². The molecule has 0 spiro atoms. The van der Waals surface area contributed by atoms with Crippen LogP contribution in [0.25, 0.3) is 0 Å². The van der Waals surface area contributed by atoms with Gasteiger partial charge in [0.1, 0.15) is 5.03 Å². The SMILES string of the molecule is CC[C@@H](N)c1ccc(Sc2ccccn2)cc1. The summed E-state index contributed by atoms with van der Waals surface area (Å²) in [6, 6.07) is 14.5. The molecule has 0 aliphatic rings. The molecule has 0 amide bonds. The molecule has 0 saturated carbocycles. The van der Waals surface area contributed by atoms with Crippen LogP contribution in [0.2, 0.25) is 0 Å². The van der Waals surface area contributed by atoms with Gasteiger partial charge in [-0.2, -0.15) is 0 Å². The fraction of sp³-hybridized carbons (Fsp3) is 0.214. The predicted octanol–water partition coefficient (Wildman–Crippen LogP) is 3.64. The average Bonchev–Trinajstić information content (AvgIpc) is 2.40. The van der Waals surface area contributed by atoms with Crippen molar-refractivity contribution in [3.05, 3.63) is 54.2 Å². The van der Waals surface area contributed by atoms with Crippen LogP contribution in [-0.4, -0.2) is 4.98 Å². The molecule has 0 radical (unpaired) electrons. The summed E-state index contributed by atoms with van der Waals surface area (Å²) in [4.78, 5) is 5.48. The van der Waals surface area contributed by atoms with Crippen LogP contribution in [0.1, 0.15) is 24.9 Å². The normalized spacial score (nSPS) is 12.4. The Morgan fingerprint density at radius 3 is 2.53 bits per heavy atom. The van der Waals surface area contributed by atoms with Crippen molar-refractivity contribution >= 4 is 11.8 Å². The van der Waals surface area contributed by atoms with Crippen molar-refractivity contribution in [1.29, 1.82) is 0 Å². The van der Waals surface area contributed by atoms with Crippen LogP contribution in [0.5, 0.6) is 0 Å². The van der Waals surface area contributed by atoms with Crippen LogP contribution in [0.4, 0.5) is 0 Å². The topological polar surface area (TPSA) is 38.9 Å². The highest BCUT2D eigenvalue weighted by Gasteiger charge is 2.03. The minimum Gasteiger partial charge on any atom is -0.324 e. The molecule has 1 aromatic heterocycles. The van der Waals surface area contributed by atoms with Gasteiger partial charge in [0, 0.05) is 17.1 Å². The largest absolute Gasteiger partial charge is 0.324 e. The van der Waals surface area contributed by atoms with Crippen molar-refractivity contribution < 1.29 is 0 Å². The molecule has 0 bridgehead atoms. The first-order valence-electron chi connectivity index (χ1n) is 5.74. The third-order valence-corrected chi connectivity index (χ3v) is 3.57. The Bertz CT molecular complexity index is 453. The highest BCUT2D eigenvalue weighted by molar-refractivity contribution is 7.99. The molecule has 3 heteroatoms.